The molecule has 1 heterocycles. The lowest BCUT2D eigenvalue weighted by Gasteiger charge is -2.17. The molecular formula is C12H18ClN3O2. The zero-order chi connectivity index (χ0) is 13.9. The molecule has 6 heteroatoms. The van der Waals surface area contributed by atoms with Gasteiger partial charge in [0, 0.05) is 18.0 Å². The number of nitrogens with zero attached hydrogens (tertiary/aromatic N) is 1. The Morgan fingerprint density at radius 1 is 1.56 bits per heavy atom. The predicted molar refractivity (Wildman–Crippen MR) is 72.4 cm³/mol. The largest absolute Gasteiger partial charge is 0.443 e. The lowest BCUT2D eigenvalue weighted by atomic mass is 9.98. The van der Waals surface area contributed by atoms with Gasteiger partial charge in [0.1, 0.15) is 5.82 Å². The van der Waals surface area contributed by atoms with Crippen LogP contribution in [-0.2, 0) is 16.3 Å². The van der Waals surface area contributed by atoms with Crippen LogP contribution in [0.4, 0.5) is 5.82 Å². The summed E-state index contributed by atoms with van der Waals surface area (Å²) in [7, 11) is 0. The molecule has 5 nitrogen and oxygen atoms in total. The molecule has 1 aromatic rings. The molecule has 0 aliphatic carbocycles. The molecule has 0 saturated heterocycles. The SMILES string of the molecule is CC(C)(C)C(=O)OCn1ccc(/C(Cl)=C\N)c1N. The van der Waals surface area contributed by atoms with Crippen LogP contribution in [0, 0.1) is 5.41 Å². The molecule has 0 aliphatic rings. The van der Waals surface area contributed by atoms with Gasteiger partial charge in [-0.05, 0) is 26.8 Å². The Morgan fingerprint density at radius 3 is 2.67 bits per heavy atom. The van der Waals surface area contributed by atoms with Gasteiger partial charge < -0.3 is 20.8 Å². The number of aromatic nitrogens is 1. The highest BCUT2D eigenvalue weighted by Crippen LogP contribution is 2.25. The first-order chi connectivity index (χ1) is 8.27. The standard InChI is InChI=1S/C12H18ClN3O2/c1-12(2,3)11(17)18-7-16-5-4-8(10(16)15)9(13)6-14/h4-6H,7,14-15H2,1-3H3/b9-6+. The summed E-state index contributed by atoms with van der Waals surface area (Å²) in [6.07, 6.45) is 2.95. The summed E-state index contributed by atoms with van der Waals surface area (Å²) in [4.78, 5) is 11.6. The molecule has 4 N–H and O–H groups in total. The van der Waals surface area contributed by atoms with Gasteiger partial charge >= 0.3 is 5.97 Å². The smallest absolute Gasteiger partial charge is 0.312 e. The fourth-order valence-electron chi connectivity index (χ4n) is 1.23. The number of anilines is 1. The molecule has 0 radical (unpaired) electrons. The number of nitrogens with two attached hydrogens (primary N) is 2. The van der Waals surface area contributed by atoms with Crippen LogP contribution < -0.4 is 11.5 Å². The van der Waals surface area contributed by atoms with Crippen LogP contribution in [0.1, 0.15) is 26.3 Å². The van der Waals surface area contributed by atoms with E-state index in [1.54, 1.807) is 37.6 Å². The number of esters is 1. The molecule has 0 fully saturated rings. The number of rotatable bonds is 3. The summed E-state index contributed by atoms with van der Waals surface area (Å²) in [6, 6.07) is 1.71. The van der Waals surface area contributed by atoms with E-state index in [2.05, 4.69) is 0 Å². The van der Waals surface area contributed by atoms with Crippen molar-refractivity contribution in [3.05, 3.63) is 24.0 Å². The highest BCUT2D eigenvalue weighted by atomic mass is 35.5. The van der Waals surface area contributed by atoms with Gasteiger partial charge in [-0.15, -0.1) is 0 Å². The number of ether oxygens (including phenoxy) is 1. The molecule has 1 aromatic heterocycles. The topological polar surface area (TPSA) is 83.3 Å². The summed E-state index contributed by atoms with van der Waals surface area (Å²) < 4.78 is 6.74. The third-order valence-corrected chi connectivity index (χ3v) is 2.69. The number of hydrogen-bond acceptors (Lipinski definition) is 4. The van der Waals surface area contributed by atoms with Crippen molar-refractivity contribution in [3.63, 3.8) is 0 Å². The molecule has 1 rings (SSSR count). The maximum Gasteiger partial charge on any atom is 0.312 e. The fourth-order valence-corrected chi connectivity index (χ4v) is 1.39. The van der Waals surface area contributed by atoms with E-state index in [0.717, 1.165) is 0 Å². The van der Waals surface area contributed by atoms with Crippen molar-refractivity contribution in [2.24, 2.45) is 11.1 Å². The van der Waals surface area contributed by atoms with Gasteiger partial charge in [-0.25, -0.2) is 0 Å². The van der Waals surface area contributed by atoms with Crippen LogP contribution in [0.5, 0.6) is 0 Å². The lowest BCUT2D eigenvalue weighted by Crippen LogP contribution is -2.24. The molecule has 18 heavy (non-hydrogen) atoms. The highest BCUT2D eigenvalue weighted by molar-refractivity contribution is 6.49. The Kier molecular flexibility index (Phi) is 4.29. The molecule has 0 saturated carbocycles. The molecule has 0 amide bonds. The highest BCUT2D eigenvalue weighted by Gasteiger charge is 2.23. The summed E-state index contributed by atoms with van der Waals surface area (Å²) in [6.45, 7) is 5.41. The van der Waals surface area contributed by atoms with E-state index in [1.807, 2.05) is 0 Å². The number of nitrogen functional groups attached to an aromatic ring is 1. The van der Waals surface area contributed by atoms with Crippen molar-refractivity contribution in [1.82, 2.24) is 4.57 Å². The van der Waals surface area contributed by atoms with Gasteiger partial charge in [0.05, 0.1) is 10.4 Å². The number of carbonyl (C=O) groups is 1. The van der Waals surface area contributed by atoms with Gasteiger partial charge in [0.15, 0.2) is 6.73 Å². The molecule has 0 unspecified atom stereocenters. The Morgan fingerprint density at radius 2 is 2.17 bits per heavy atom. The molecule has 0 aromatic carbocycles. The van der Waals surface area contributed by atoms with E-state index < -0.39 is 5.41 Å². The second-order valence-electron chi connectivity index (χ2n) is 4.91. The van der Waals surface area contributed by atoms with Crippen LogP contribution in [0.3, 0.4) is 0 Å². The van der Waals surface area contributed by atoms with E-state index in [4.69, 9.17) is 27.8 Å². The van der Waals surface area contributed by atoms with Gasteiger partial charge in [-0.1, -0.05) is 11.6 Å². The second kappa shape index (κ2) is 5.35. The zero-order valence-corrected chi connectivity index (χ0v) is 11.5. The fraction of sp³-hybridized carbons (Fsp3) is 0.417. The molecular weight excluding hydrogens is 254 g/mol. The summed E-state index contributed by atoms with van der Waals surface area (Å²) in [5.74, 6) is 0.112. The Balaban J connectivity index is 2.76. The first-order valence-corrected chi connectivity index (χ1v) is 5.84. The van der Waals surface area contributed by atoms with Crippen molar-refractivity contribution in [2.75, 3.05) is 5.73 Å². The quantitative estimate of drug-likeness (QED) is 0.825. The van der Waals surface area contributed by atoms with Gasteiger partial charge in [0.25, 0.3) is 0 Å². The average Bonchev–Trinajstić information content (AvgIpc) is 2.65. The van der Waals surface area contributed by atoms with Gasteiger partial charge in [-0.2, -0.15) is 0 Å². The maximum absolute atomic E-state index is 11.6. The van der Waals surface area contributed by atoms with Crippen LogP contribution >= 0.6 is 11.6 Å². The molecule has 0 atom stereocenters. The normalized spacial score (nSPS) is 12.6. The Bertz CT molecular complexity index is 472. The van der Waals surface area contributed by atoms with Gasteiger partial charge in [0.2, 0.25) is 0 Å². The Hall–Kier alpha value is -1.62. The first-order valence-electron chi connectivity index (χ1n) is 5.47. The lowest BCUT2D eigenvalue weighted by molar-refractivity contribution is -0.156. The number of carbonyl (C=O) groups excluding carboxylic acids is 1. The van der Waals surface area contributed by atoms with Crippen LogP contribution in [-0.4, -0.2) is 10.5 Å². The Labute approximate surface area is 111 Å². The summed E-state index contributed by atoms with van der Waals surface area (Å²) in [5, 5.41) is 0.355. The van der Waals surface area contributed by atoms with Crippen molar-refractivity contribution in [2.45, 2.75) is 27.5 Å². The minimum Gasteiger partial charge on any atom is -0.443 e. The van der Waals surface area contributed by atoms with E-state index >= 15 is 0 Å². The minimum atomic E-state index is -0.542. The van der Waals surface area contributed by atoms with E-state index in [0.29, 0.717) is 16.4 Å². The predicted octanol–water partition coefficient (Wildman–Crippen LogP) is 2.11. The van der Waals surface area contributed by atoms with Crippen molar-refractivity contribution < 1.29 is 9.53 Å². The average molecular weight is 272 g/mol. The van der Waals surface area contributed by atoms with Crippen molar-refractivity contribution in [1.29, 1.82) is 0 Å². The van der Waals surface area contributed by atoms with E-state index in [1.165, 1.54) is 6.20 Å². The van der Waals surface area contributed by atoms with Crippen molar-refractivity contribution >= 4 is 28.4 Å². The minimum absolute atomic E-state index is 0.0523. The van der Waals surface area contributed by atoms with Crippen LogP contribution in [0.2, 0.25) is 0 Å². The molecule has 0 bridgehead atoms. The van der Waals surface area contributed by atoms with E-state index in [9.17, 15) is 4.79 Å². The monoisotopic (exact) mass is 271 g/mol. The number of hydrogen-bond donors (Lipinski definition) is 2. The summed E-state index contributed by atoms with van der Waals surface area (Å²) in [5.41, 5.74) is 11.3. The molecule has 0 aliphatic heterocycles. The summed E-state index contributed by atoms with van der Waals surface area (Å²) >= 11 is 5.88. The second-order valence-corrected chi connectivity index (χ2v) is 5.32. The number of halogens is 1. The zero-order valence-electron chi connectivity index (χ0n) is 10.7. The molecule has 0 spiro atoms. The molecule has 100 valence electrons. The van der Waals surface area contributed by atoms with Crippen LogP contribution in [0.25, 0.3) is 5.03 Å². The first kappa shape index (κ1) is 14.4. The van der Waals surface area contributed by atoms with E-state index in [-0.39, 0.29) is 12.7 Å². The third kappa shape index (κ3) is 3.20. The van der Waals surface area contributed by atoms with Gasteiger partial charge in [-0.3, -0.25) is 4.79 Å². The maximum atomic E-state index is 11.6. The van der Waals surface area contributed by atoms with Crippen molar-refractivity contribution in [3.8, 4) is 0 Å². The third-order valence-electron chi connectivity index (χ3n) is 2.36. The van der Waals surface area contributed by atoms with Crippen LogP contribution in [0.15, 0.2) is 18.5 Å².